The molecule has 1 saturated heterocycles. The van der Waals surface area contributed by atoms with Crippen molar-refractivity contribution in [2.24, 2.45) is 5.92 Å². The Hall–Kier alpha value is -1.13. The van der Waals surface area contributed by atoms with E-state index in [-0.39, 0.29) is 0 Å². The third-order valence-electron chi connectivity index (χ3n) is 2.84. The highest BCUT2D eigenvalue weighted by atomic mass is 79.9. The molecule has 0 amide bonds. The van der Waals surface area contributed by atoms with Crippen LogP contribution >= 0.6 is 15.9 Å². The predicted molar refractivity (Wildman–Crippen MR) is 67.7 cm³/mol. The number of hydrogen-bond donors (Lipinski definition) is 0. The van der Waals surface area contributed by atoms with E-state index in [1.165, 1.54) is 0 Å². The maximum Gasteiger partial charge on any atom is 0.196 e. The van der Waals surface area contributed by atoms with E-state index >= 15 is 0 Å². The number of halogens is 1. The zero-order chi connectivity index (χ0) is 11.7. The van der Waals surface area contributed by atoms with Crippen LogP contribution < -0.4 is 0 Å². The smallest absolute Gasteiger partial charge is 0.196 e. The first kappa shape index (κ1) is 11.0. The maximum atomic E-state index is 5.79. The molecule has 1 fully saturated rings. The summed E-state index contributed by atoms with van der Waals surface area (Å²) in [5, 5.41) is 0. The van der Waals surface area contributed by atoms with Crippen LogP contribution in [0.5, 0.6) is 0 Å². The second kappa shape index (κ2) is 4.63. The van der Waals surface area contributed by atoms with E-state index < -0.39 is 0 Å². The van der Waals surface area contributed by atoms with Crippen molar-refractivity contribution in [1.82, 2.24) is 4.98 Å². The summed E-state index contributed by atoms with van der Waals surface area (Å²) in [6.45, 7) is 1.64. The minimum Gasteiger partial charge on any atom is -0.439 e. The van der Waals surface area contributed by atoms with E-state index in [1.54, 1.807) is 0 Å². The Morgan fingerprint density at radius 3 is 2.65 bits per heavy atom. The number of oxazole rings is 1. The molecule has 3 rings (SSSR count). The largest absolute Gasteiger partial charge is 0.439 e. The van der Waals surface area contributed by atoms with Gasteiger partial charge in [-0.3, -0.25) is 0 Å². The molecule has 0 aliphatic carbocycles. The summed E-state index contributed by atoms with van der Waals surface area (Å²) in [7, 11) is 0. The lowest BCUT2D eigenvalue weighted by atomic mass is 10.0. The average molecular weight is 294 g/mol. The summed E-state index contributed by atoms with van der Waals surface area (Å²) >= 11 is 3.45. The van der Waals surface area contributed by atoms with E-state index in [0.717, 1.165) is 41.5 Å². The summed E-state index contributed by atoms with van der Waals surface area (Å²) in [4.78, 5) is 4.40. The van der Waals surface area contributed by atoms with Gasteiger partial charge in [0.25, 0.3) is 0 Å². The molecule has 1 aliphatic rings. The van der Waals surface area contributed by atoms with Crippen LogP contribution in [0.25, 0.3) is 11.3 Å². The first-order valence-corrected chi connectivity index (χ1v) is 6.40. The Morgan fingerprint density at radius 2 is 2.00 bits per heavy atom. The topological polar surface area (TPSA) is 35.3 Å². The summed E-state index contributed by atoms with van der Waals surface area (Å²) < 4.78 is 11.7. The van der Waals surface area contributed by atoms with Crippen molar-refractivity contribution in [1.29, 1.82) is 0 Å². The molecule has 4 heteroatoms. The zero-order valence-corrected chi connectivity index (χ0v) is 10.8. The van der Waals surface area contributed by atoms with Gasteiger partial charge in [0.1, 0.15) is 0 Å². The van der Waals surface area contributed by atoms with Gasteiger partial charge in [-0.15, -0.1) is 0 Å². The van der Waals surface area contributed by atoms with Crippen molar-refractivity contribution in [2.75, 3.05) is 13.2 Å². The van der Waals surface area contributed by atoms with Crippen molar-refractivity contribution in [3.63, 3.8) is 0 Å². The van der Waals surface area contributed by atoms with Crippen molar-refractivity contribution < 1.29 is 9.15 Å². The molecule has 1 aromatic carbocycles. The van der Waals surface area contributed by atoms with Crippen molar-refractivity contribution in [3.8, 4) is 11.3 Å². The van der Waals surface area contributed by atoms with Crippen LogP contribution in [0.15, 0.2) is 39.4 Å². The minimum atomic E-state index is 0.559. The van der Waals surface area contributed by atoms with Crippen molar-refractivity contribution >= 4 is 15.9 Å². The van der Waals surface area contributed by atoms with Gasteiger partial charge in [0.15, 0.2) is 16.3 Å². The van der Waals surface area contributed by atoms with Gasteiger partial charge in [-0.05, 0) is 15.9 Å². The zero-order valence-electron chi connectivity index (χ0n) is 9.23. The fourth-order valence-electron chi connectivity index (χ4n) is 1.85. The number of aromatic nitrogens is 1. The highest BCUT2D eigenvalue weighted by molar-refractivity contribution is 9.10. The van der Waals surface area contributed by atoms with Crippen molar-refractivity contribution in [2.45, 2.75) is 6.42 Å². The maximum absolute atomic E-state index is 5.79. The lowest BCUT2D eigenvalue weighted by Gasteiger charge is -2.24. The molecule has 3 nitrogen and oxygen atoms in total. The van der Waals surface area contributed by atoms with Gasteiger partial charge in [0, 0.05) is 17.9 Å². The third-order valence-corrected chi connectivity index (χ3v) is 3.37. The normalized spacial score (nSPS) is 15.8. The number of rotatable bonds is 3. The first-order chi connectivity index (χ1) is 8.33. The van der Waals surface area contributed by atoms with Gasteiger partial charge in [-0.2, -0.15) is 0 Å². The third kappa shape index (κ3) is 2.28. The van der Waals surface area contributed by atoms with E-state index in [4.69, 9.17) is 9.15 Å². The van der Waals surface area contributed by atoms with Crippen LogP contribution in [0, 0.1) is 5.92 Å². The molecular weight excluding hydrogens is 282 g/mol. The van der Waals surface area contributed by atoms with Crippen LogP contribution in [0.4, 0.5) is 0 Å². The highest BCUT2D eigenvalue weighted by Crippen LogP contribution is 2.30. The fourth-order valence-corrected chi connectivity index (χ4v) is 2.35. The molecule has 0 spiro atoms. The molecular formula is C13H12BrNO2. The minimum absolute atomic E-state index is 0.559. The van der Waals surface area contributed by atoms with E-state index in [1.807, 2.05) is 30.3 Å². The molecule has 0 bridgehead atoms. The van der Waals surface area contributed by atoms with Crippen LogP contribution in [0.2, 0.25) is 0 Å². The summed E-state index contributed by atoms with van der Waals surface area (Å²) in [6, 6.07) is 10.00. The Morgan fingerprint density at radius 1 is 1.24 bits per heavy atom. The molecule has 0 radical (unpaired) electrons. The van der Waals surface area contributed by atoms with Gasteiger partial charge < -0.3 is 9.15 Å². The second-order valence-corrected chi connectivity index (χ2v) is 4.95. The average Bonchev–Trinajstić information content (AvgIpc) is 2.66. The highest BCUT2D eigenvalue weighted by Gasteiger charge is 2.22. The van der Waals surface area contributed by atoms with Gasteiger partial charge in [0.2, 0.25) is 0 Å². The summed E-state index contributed by atoms with van der Waals surface area (Å²) in [5.41, 5.74) is 1.04. The number of ether oxygens (including phenoxy) is 1. The predicted octanol–water partition coefficient (Wildman–Crippen LogP) is 3.29. The molecule has 0 N–H and O–H groups in total. The molecule has 0 unspecified atom stereocenters. The second-order valence-electron chi connectivity index (χ2n) is 4.20. The van der Waals surface area contributed by atoms with Crippen LogP contribution in [-0.4, -0.2) is 18.2 Å². The molecule has 2 heterocycles. The van der Waals surface area contributed by atoms with E-state index in [2.05, 4.69) is 20.9 Å². The van der Waals surface area contributed by atoms with Crippen LogP contribution in [-0.2, 0) is 11.2 Å². The van der Waals surface area contributed by atoms with Gasteiger partial charge in [0.05, 0.1) is 13.2 Å². The number of benzene rings is 1. The van der Waals surface area contributed by atoms with Crippen molar-refractivity contribution in [3.05, 3.63) is 40.8 Å². The molecule has 0 saturated carbocycles. The van der Waals surface area contributed by atoms with Crippen LogP contribution in [0.3, 0.4) is 0 Å². The summed E-state index contributed by atoms with van der Waals surface area (Å²) in [5.74, 6) is 2.15. The molecule has 17 heavy (non-hydrogen) atoms. The fraction of sp³-hybridized carbons (Fsp3) is 0.308. The SMILES string of the molecule is Brc1nc(CC2COC2)oc1-c1ccccc1. The Labute approximate surface area is 108 Å². The molecule has 2 aromatic rings. The number of hydrogen-bond acceptors (Lipinski definition) is 3. The first-order valence-electron chi connectivity index (χ1n) is 5.61. The summed E-state index contributed by atoms with van der Waals surface area (Å²) in [6.07, 6.45) is 0.853. The van der Waals surface area contributed by atoms with Gasteiger partial charge >= 0.3 is 0 Å². The molecule has 0 atom stereocenters. The van der Waals surface area contributed by atoms with Crippen LogP contribution in [0.1, 0.15) is 5.89 Å². The monoisotopic (exact) mass is 293 g/mol. The van der Waals surface area contributed by atoms with E-state index in [0.29, 0.717) is 5.92 Å². The number of nitrogens with zero attached hydrogens (tertiary/aromatic N) is 1. The van der Waals surface area contributed by atoms with E-state index in [9.17, 15) is 0 Å². The lowest BCUT2D eigenvalue weighted by molar-refractivity contribution is -0.0337. The lowest BCUT2D eigenvalue weighted by Crippen LogP contribution is -2.29. The Bertz CT molecular complexity index is 505. The Balaban J connectivity index is 1.85. The molecule has 1 aliphatic heterocycles. The van der Waals surface area contributed by atoms with Gasteiger partial charge in [-0.25, -0.2) is 4.98 Å². The quantitative estimate of drug-likeness (QED) is 0.871. The molecule has 88 valence electrons. The molecule has 1 aromatic heterocycles. The standard InChI is InChI=1S/C13H12BrNO2/c14-13-12(10-4-2-1-3-5-10)17-11(15-13)6-9-7-16-8-9/h1-5,9H,6-8H2. The Kier molecular flexibility index (Phi) is 2.99. The van der Waals surface area contributed by atoms with Gasteiger partial charge in [-0.1, -0.05) is 30.3 Å².